The highest BCUT2D eigenvalue weighted by Gasteiger charge is 2.32. The van der Waals surface area contributed by atoms with E-state index in [0.29, 0.717) is 0 Å². The van der Waals surface area contributed by atoms with Crippen LogP contribution in [0.3, 0.4) is 0 Å². The lowest BCUT2D eigenvalue weighted by Gasteiger charge is -2.17. The summed E-state index contributed by atoms with van der Waals surface area (Å²) in [6, 6.07) is 2.40. The summed E-state index contributed by atoms with van der Waals surface area (Å²) in [7, 11) is 0. The zero-order valence-corrected chi connectivity index (χ0v) is 16.3. The molecule has 0 saturated carbocycles. The third-order valence-corrected chi connectivity index (χ3v) is 4.76. The number of rotatable bonds is 4. The summed E-state index contributed by atoms with van der Waals surface area (Å²) in [5.41, 5.74) is -0.537. The number of halogens is 4. The molecule has 160 valence electrons. The highest BCUT2D eigenvalue weighted by Crippen LogP contribution is 2.35. The number of alkyl halides is 3. The smallest absolute Gasteiger partial charge is 0.416 e. The van der Waals surface area contributed by atoms with Crippen LogP contribution in [0.1, 0.15) is 34.5 Å². The van der Waals surface area contributed by atoms with Crippen LogP contribution in [0.15, 0.2) is 36.8 Å². The van der Waals surface area contributed by atoms with E-state index in [1.807, 2.05) is 0 Å². The molecule has 0 fully saturated rings. The highest BCUT2D eigenvalue weighted by molar-refractivity contribution is 6.30. The van der Waals surface area contributed by atoms with Crippen molar-refractivity contribution in [3.05, 3.63) is 58.5 Å². The van der Waals surface area contributed by atoms with Gasteiger partial charge in [-0.05, 0) is 30.7 Å². The predicted octanol–water partition coefficient (Wildman–Crippen LogP) is 3.70. The third-order valence-electron chi connectivity index (χ3n) is 4.55. The number of carboxylic acids is 1. The Bertz CT molecular complexity index is 1320. The molecule has 1 atom stereocenters. The van der Waals surface area contributed by atoms with E-state index >= 15 is 0 Å². The highest BCUT2D eigenvalue weighted by atomic mass is 35.5. The van der Waals surface area contributed by atoms with Gasteiger partial charge in [0.25, 0.3) is 5.95 Å². The maximum Gasteiger partial charge on any atom is 0.416 e. The molecule has 0 spiro atoms. The first kappa shape index (κ1) is 20.6. The van der Waals surface area contributed by atoms with Crippen LogP contribution >= 0.6 is 11.6 Å². The zero-order valence-electron chi connectivity index (χ0n) is 15.5. The molecule has 0 aliphatic rings. The number of nitrogens with zero attached hydrogens (tertiary/aromatic N) is 6. The minimum atomic E-state index is -4.58. The van der Waals surface area contributed by atoms with Gasteiger partial charge in [-0.15, -0.1) is 0 Å². The molecule has 3 heterocycles. The zero-order chi connectivity index (χ0) is 22.5. The lowest BCUT2D eigenvalue weighted by atomic mass is 10.0. The van der Waals surface area contributed by atoms with Gasteiger partial charge in [-0.2, -0.15) is 28.4 Å². The van der Waals surface area contributed by atoms with Gasteiger partial charge in [0.05, 0.1) is 29.6 Å². The maximum absolute atomic E-state index is 13.1. The molecule has 3 aromatic heterocycles. The van der Waals surface area contributed by atoms with Crippen LogP contribution in [0.5, 0.6) is 5.88 Å². The molecule has 2 N–H and O–H groups in total. The topological polar surface area (TPSA) is 119 Å². The van der Waals surface area contributed by atoms with Gasteiger partial charge in [-0.3, -0.25) is 4.68 Å². The molecule has 1 aromatic carbocycles. The molecule has 0 radical (unpaired) electrons. The van der Waals surface area contributed by atoms with Gasteiger partial charge in [-0.25, -0.2) is 14.5 Å². The number of hydrogen-bond donors (Lipinski definition) is 2. The molecule has 0 amide bonds. The molecule has 0 aliphatic heterocycles. The summed E-state index contributed by atoms with van der Waals surface area (Å²) in [4.78, 5) is 19.1. The van der Waals surface area contributed by atoms with Crippen LogP contribution in [0.4, 0.5) is 13.2 Å². The summed E-state index contributed by atoms with van der Waals surface area (Å²) in [5, 5.41) is 27.3. The first-order valence-electron chi connectivity index (χ1n) is 8.65. The fraction of sp³-hybridized carbons (Fsp3) is 0.167. The Morgan fingerprint density at radius 3 is 2.55 bits per heavy atom. The van der Waals surface area contributed by atoms with E-state index in [0.717, 1.165) is 23.0 Å². The van der Waals surface area contributed by atoms with E-state index in [1.54, 1.807) is 6.92 Å². The minimum absolute atomic E-state index is 0.0791. The molecule has 0 saturated heterocycles. The van der Waals surface area contributed by atoms with Gasteiger partial charge >= 0.3 is 12.1 Å². The second-order valence-electron chi connectivity index (χ2n) is 6.60. The summed E-state index contributed by atoms with van der Waals surface area (Å²) in [5.74, 6) is -1.81. The van der Waals surface area contributed by atoms with E-state index in [2.05, 4.69) is 20.2 Å². The molecule has 9 nitrogen and oxygen atoms in total. The molecule has 4 rings (SSSR count). The SMILES string of the molecule is C[C@H](c1cc(Cl)cc(C(F)(F)F)c1)n1ncc2nc(-n3cc(C(=O)O)cn3)nc(O)c21. The summed E-state index contributed by atoms with van der Waals surface area (Å²) in [6.07, 6.45) is -1.02. The second kappa shape index (κ2) is 7.23. The number of aromatic hydroxyl groups is 1. The van der Waals surface area contributed by atoms with Crippen LogP contribution in [-0.2, 0) is 6.18 Å². The van der Waals surface area contributed by atoms with Crippen molar-refractivity contribution in [2.75, 3.05) is 0 Å². The van der Waals surface area contributed by atoms with Gasteiger partial charge in [0.1, 0.15) is 11.0 Å². The number of aromatic carboxylic acids is 1. The van der Waals surface area contributed by atoms with Gasteiger partial charge in [-0.1, -0.05) is 11.6 Å². The molecule has 4 aromatic rings. The maximum atomic E-state index is 13.1. The van der Waals surface area contributed by atoms with Crippen molar-refractivity contribution in [3.63, 3.8) is 0 Å². The Kier molecular flexibility index (Phi) is 4.81. The van der Waals surface area contributed by atoms with E-state index in [9.17, 15) is 23.1 Å². The molecule has 0 aliphatic carbocycles. The molecule has 31 heavy (non-hydrogen) atoms. The summed E-state index contributed by atoms with van der Waals surface area (Å²) in [6.45, 7) is 1.58. The van der Waals surface area contributed by atoms with Crippen molar-refractivity contribution in [2.24, 2.45) is 0 Å². The van der Waals surface area contributed by atoms with Crippen LogP contribution in [-0.4, -0.2) is 45.7 Å². The number of carboxylic acid groups (broad SMARTS) is 1. The Hall–Kier alpha value is -3.67. The Morgan fingerprint density at radius 2 is 1.90 bits per heavy atom. The number of benzene rings is 1. The second-order valence-corrected chi connectivity index (χ2v) is 7.03. The average Bonchev–Trinajstić information content (AvgIpc) is 3.34. The van der Waals surface area contributed by atoms with Gasteiger partial charge in [0.15, 0.2) is 0 Å². The minimum Gasteiger partial charge on any atom is -0.492 e. The summed E-state index contributed by atoms with van der Waals surface area (Å²) >= 11 is 5.87. The normalized spacial score (nSPS) is 12.9. The fourth-order valence-electron chi connectivity index (χ4n) is 3.03. The monoisotopic (exact) mass is 452 g/mol. The third kappa shape index (κ3) is 3.77. The van der Waals surface area contributed by atoms with Gasteiger partial charge < -0.3 is 10.2 Å². The van der Waals surface area contributed by atoms with Crippen LogP contribution in [0.25, 0.3) is 17.0 Å². The van der Waals surface area contributed by atoms with E-state index in [4.69, 9.17) is 16.7 Å². The van der Waals surface area contributed by atoms with Crippen molar-refractivity contribution in [3.8, 4) is 11.8 Å². The number of carbonyl (C=O) groups is 1. The van der Waals surface area contributed by atoms with Crippen molar-refractivity contribution >= 4 is 28.6 Å². The lowest BCUT2D eigenvalue weighted by Crippen LogP contribution is -2.12. The van der Waals surface area contributed by atoms with Gasteiger partial charge in [0, 0.05) is 11.2 Å². The number of fused-ring (bicyclic) bond motifs is 1. The quantitative estimate of drug-likeness (QED) is 0.484. The number of hydrogen-bond acceptors (Lipinski definition) is 6. The van der Waals surface area contributed by atoms with Crippen molar-refractivity contribution in [2.45, 2.75) is 19.1 Å². The van der Waals surface area contributed by atoms with Crippen LogP contribution < -0.4 is 0 Å². The molecule has 0 bridgehead atoms. The molecular weight excluding hydrogens is 441 g/mol. The average molecular weight is 453 g/mol. The van der Waals surface area contributed by atoms with Crippen LogP contribution in [0.2, 0.25) is 5.02 Å². The first-order valence-corrected chi connectivity index (χ1v) is 9.02. The lowest BCUT2D eigenvalue weighted by molar-refractivity contribution is -0.137. The van der Waals surface area contributed by atoms with Crippen molar-refractivity contribution < 1.29 is 28.2 Å². The van der Waals surface area contributed by atoms with Gasteiger partial charge in [0.2, 0.25) is 5.88 Å². The Morgan fingerprint density at radius 1 is 1.16 bits per heavy atom. The van der Waals surface area contributed by atoms with E-state index < -0.39 is 29.6 Å². The molecular formula is C18H12ClF3N6O3. The fourth-order valence-corrected chi connectivity index (χ4v) is 3.27. The van der Waals surface area contributed by atoms with Crippen molar-refractivity contribution in [1.82, 2.24) is 29.5 Å². The van der Waals surface area contributed by atoms with E-state index in [1.165, 1.54) is 23.1 Å². The van der Waals surface area contributed by atoms with Crippen LogP contribution in [0, 0.1) is 0 Å². The Labute approximate surface area is 176 Å². The largest absolute Gasteiger partial charge is 0.492 e. The standard InChI is InChI=1S/C18H12ClF3N6O3/c1-8(9-2-11(18(20,21)22)4-12(19)3-9)28-14-13(6-24-28)25-17(26-15(14)29)27-7-10(5-23-27)16(30)31/h2-8H,1H3,(H,30,31)(H,25,26,29)/t8-/m1/s1. The van der Waals surface area contributed by atoms with E-state index in [-0.39, 0.29) is 33.1 Å². The molecule has 13 heteroatoms. The molecule has 0 unspecified atom stereocenters. The van der Waals surface area contributed by atoms with Crippen molar-refractivity contribution in [1.29, 1.82) is 0 Å². The Balaban J connectivity index is 1.77. The summed E-state index contributed by atoms with van der Waals surface area (Å²) < 4.78 is 41.8. The first-order chi connectivity index (χ1) is 14.5. The predicted molar refractivity (Wildman–Crippen MR) is 101 cm³/mol. The number of aromatic nitrogens is 6.